The molecule has 0 aliphatic heterocycles. The first-order valence-corrected chi connectivity index (χ1v) is 6.83. The third-order valence-electron chi connectivity index (χ3n) is 2.93. The minimum absolute atomic E-state index is 0.113. The Bertz CT molecular complexity index is 566. The van der Waals surface area contributed by atoms with Crippen molar-refractivity contribution in [3.8, 4) is 0 Å². The van der Waals surface area contributed by atoms with E-state index in [2.05, 4.69) is 6.07 Å². The summed E-state index contributed by atoms with van der Waals surface area (Å²) in [5.41, 5.74) is 6.73. The number of thiophene rings is 1. The van der Waals surface area contributed by atoms with Crippen LogP contribution in [0.5, 0.6) is 0 Å². The molecule has 0 aliphatic carbocycles. The van der Waals surface area contributed by atoms with Crippen LogP contribution in [0.15, 0.2) is 35.7 Å². The highest BCUT2D eigenvalue weighted by Crippen LogP contribution is 2.21. The first-order chi connectivity index (χ1) is 9.08. The van der Waals surface area contributed by atoms with E-state index >= 15 is 0 Å². The molecule has 0 bridgehead atoms. The monoisotopic (exact) mass is 277 g/mol. The molecule has 0 fully saturated rings. The lowest BCUT2D eigenvalue weighted by Gasteiger charge is -2.21. The van der Waals surface area contributed by atoms with E-state index in [-0.39, 0.29) is 11.7 Å². The lowest BCUT2D eigenvalue weighted by molar-refractivity contribution is 0.627. The van der Waals surface area contributed by atoms with Crippen LogP contribution in [-0.2, 0) is 6.42 Å². The van der Waals surface area contributed by atoms with E-state index in [0.717, 1.165) is 18.7 Å². The van der Waals surface area contributed by atoms with Crippen LogP contribution in [0.1, 0.15) is 10.4 Å². The van der Waals surface area contributed by atoms with Gasteiger partial charge in [0.25, 0.3) is 0 Å². The number of nitrogens with one attached hydrogen (secondary N) is 1. The number of hydrogen-bond acceptors (Lipinski definition) is 3. The minimum atomic E-state index is -0.374. The molecule has 0 saturated carbocycles. The van der Waals surface area contributed by atoms with E-state index < -0.39 is 0 Å². The number of nitrogen functional groups attached to an aromatic ring is 1. The zero-order chi connectivity index (χ0) is 13.8. The highest BCUT2D eigenvalue weighted by molar-refractivity contribution is 7.09. The molecule has 5 heteroatoms. The van der Waals surface area contributed by atoms with Gasteiger partial charge in [-0.3, -0.25) is 5.41 Å². The van der Waals surface area contributed by atoms with Gasteiger partial charge in [-0.25, -0.2) is 4.39 Å². The van der Waals surface area contributed by atoms with Gasteiger partial charge in [-0.15, -0.1) is 11.3 Å². The SMILES string of the molecule is CN(CCc1cccs1)c1ccc(F)cc1C(=N)N. The third kappa shape index (κ3) is 3.32. The maximum Gasteiger partial charge on any atom is 0.125 e. The summed E-state index contributed by atoms with van der Waals surface area (Å²) in [5.74, 6) is -0.488. The van der Waals surface area contributed by atoms with Crippen LogP contribution in [0.3, 0.4) is 0 Å². The van der Waals surface area contributed by atoms with Crippen molar-refractivity contribution in [1.29, 1.82) is 5.41 Å². The highest BCUT2D eigenvalue weighted by Gasteiger charge is 2.11. The zero-order valence-corrected chi connectivity index (χ0v) is 11.5. The van der Waals surface area contributed by atoms with Gasteiger partial charge < -0.3 is 10.6 Å². The van der Waals surface area contributed by atoms with Crippen LogP contribution in [0.2, 0.25) is 0 Å². The van der Waals surface area contributed by atoms with Gasteiger partial charge in [0.2, 0.25) is 0 Å². The Morgan fingerprint density at radius 1 is 1.42 bits per heavy atom. The number of rotatable bonds is 5. The number of anilines is 1. The first kappa shape index (κ1) is 13.5. The van der Waals surface area contributed by atoms with Gasteiger partial charge in [0.15, 0.2) is 0 Å². The number of benzene rings is 1. The first-order valence-electron chi connectivity index (χ1n) is 5.95. The third-order valence-corrected chi connectivity index (χ3v) is 3.87. The fourth-order valence-electron chi connectivity index (χ4n) is 1.91. The van der Waals surface area contributed by atoms with Crippen molar-refractivity contribution in [1.82, 2.24) is 0 Å². The summed E-state index contributed by atoms with van der Waals surface area (Å²) < 4.78 is 13.2. The molecule has 19 heavy (non-hydrogen) atoms. The lowest BCUT2D eigenvalue weighted by atomic mass is 10.1. The van der Waals surface area contributed by atoms with Crippen molar-refractivity contribution in [3.05, 3.63) is 52.0 Å². The Labute approximate surface area is 116 Å². The second-order valence-electron chi connectivity index (χ2n) is 4.33. The molecule has 100 valence electrons. The Hall–Kier alpha value is -1.88. The highest BCUT2D eigenvalue weighted by atomic mass is 32.1. The van der Waals surface area contributed by atoms with Gasteiger partial charge >= 0.3 is 0 Å². The van der Waals surface area contributed by atoms with Crippen molar-refractivity contribution in [3.63, 3.8) is 0 Å². The summed E-state index contributed by atoms with van der Waals surface area (Å²) in [7, 11) is 1.92. The largest absolute Gasteiger partial charge is 0.384 e. The molecule has 0 spiro atoms. The van der Waals surface area contributed by atoms with Gasteiger partial charge in [-0.2, -0.15) is 0 Å². The zero-order valence-electron chi connectivity index (χ0n) is 10.7. The van der Waals surface area contributed by atoms with Gasteiger partial charge in [0.1, 0.15) is 11.7 Å². The van der Waals surface area contributed by atoms with E-state index in [1.807, 2.05) is 23.4 Å². The predicted octanol–water partition coefficient (Wildman–Crippen LogP) is 2.85. The molecule has 3 nitrogen and oxygen atoms in total. The average molecular weight is 277 g/mol. The summed E-state index contributed by atoms with van der Waals surface area (Å²) in [5, 5.41) is 9.57. The van der Waals surface area contributed by atoms with E-state index in [1.54, 1.807) is 17.4 Å². The van der Waals surface area contributed by atoms with Crippen LogP contribution in [0.4, 0.5) is 10.1 Å². The minimum Gasteiger partial charge on any atom is -0.384 e. The predicted molar refractivity (Wildman–Crippen MR) is 78.7 cm³/mol. The van der Waals surface area contributed by atoms with Crippen LogP contribution in [-0.4, -0.2) is 19.4 Å². The molecule has 0 aliphatic rings. The van der Waals surface area contributed by atoms with Crippen molar-refractivity contribution >= 4 is 22.9 Å². The molecular weight excluding hydrogens is 261 g/mol. The summed E-state index contributed by atoms with van der Waals surface area (Å²) in [6, 6.07) is 8.48. The molecule has 2 rings (SSSR count). The maximum atomic E-state index is 13.2. The van der Waals surface area contributed by atoms with Crippen LogP contribution >= 0.6 is 11.3 Å². The van der Waals surface area contributed by atoms with Crippen molar-refractivity contribution in [2.75, 3.05) is 18.5 Å². The normalized spacial score (nSPS) is 10.4. The number of likely N-dealkylation sites (N-methyl/N-ethyl adjacent to an activating group) is 1. The number of nitrogens with two attached hydrogens (primary N) is 1. The lowest BCUT2D eigenvalue weighted by Crippen LogP contribution is -2.24. The molecule has 0 radical (unpaired) electrons. The second-order valence-corrected chi connectivity index (χ2v) is 5.36. The summed E-state index contributed by atoms with van der Waals surface area (Å²) in [4.78, 5) is 3.30. The fraction of sp³-hybridized carbons (Fsp3) is 0.214. The number of amidine groups is 1. The molecule has 3 N–H and O–H groups in total. The van der Waals surface area contributed by atoms with Gasteiger partial charge in [0.05, 0.1) is 0 Å². The number of nitrogens with zero attached hydrogens (tertiary/aromatic N) is 1. The number of halogens is 1. The molecule has 0 amide bonds. The maximum absolute atomic E-state index is 13.2. The summed E-state index contributed by atoms with van der Waals surface area (Å²) in [6.45, 7) is 0.798. The van der Waals surface area contributed by atoms with E-state index in [9.17, 15) is 4.39 Å². The number of hydrogen-bond donors (Lipinski definition) is 2. The molecule has 0 unspecified atom stereocenters. The van der Waals surface area contributed by atoms with Crippen LogP contribution in [0.25, 0.3) is 0 Å². The molecular formula is C14H16FN3S. The molecule has 0 atom stereocenters. The molecule has 0 saturated heterocycles. The molecule has 1 aromatic heterocycles. The molecule has 1 aromatic carbocycles. The van der Waals surface area contributed by atoms with Crippen LogP contribution < -0.4 is 10.6 Å². The van der Waals surface area contributed by atoms with Crippen molar-refractivity contribution in [2.45, 2.75) is 6.42 Å². The smallest absolute Gasteiger partial charge is 0.125 e. The Morgan fingerprint density at radius 2 is 2.21 bits per heavy atom. The Kier molecular flexibility index (Phi) is 4.16. The Balaban J connectivity index is 2.14. The second kappa shape index (κ2) is 5.84. The molecule has 2 aromatic rings. The quantitative estimate of drug-likeness (QED) is 0.652. The van der Waals surface area contributed by atoms with E-state index in [0.29, 0.717) is 5.56 Å². The van der Waals surface area contributed by atoms with Gasteiger partial charge in [-0.1, -0.05) is 6.07 Å². The topological polar surface area (TPSA) is 53.1 Å². The van der Waals surface area contributed by atoms with E-state index in [1.165, 1.54) is 17.0 Å². The fourth-order valence-corrected chi connectivity index (χ4v) is 2.61. The van der Waals surface area contributed by atoms with Crippen LogP contribution in [0, 0.1) is 11.2 Å². The molecule has 1 heterocycles. The van der Waals surface area contributed by atoms with E-state index in [4.69, 9.17) is 11.1 Å². The Morgan fingerprint density at radius 3 is 2.84 bits per heavy atom. The summed E-state index contributed by atoms with van der Waals surface area (Å²) >= 11 is 1.72. The van der Waals surface area contributed by atoms with Gasteiger partial charge in [0, 0.05) is 29.7 Å². The van der Waals surface area contributed by atoms with Gasteiger partial charge in [-0.05, 0) is 36.1 Å². The standard InChI is InChI=1S/C14H16FN3S/c1-18(7-6-11-3-2-8-19-11)13-5-4-10(15)9-12(13)14(16)17/h2-5,8-9H,6-7H2,1H3,(H3,16,17). The van der Waals surface area contributed by atoms with Crippen molar-refractivity contribution < 1.29 is 4.39 Å². The van der Waals surface area contributed by atoms with Crippen molar-refractivity contribution in [2.24, 2.45) is 5.73 Å². The average Bonchev–Trinajstić information content (AvgIpc) is 2.88. The summed E-state index contributed by atoms with van der Waals surface area (Å²) in [6.07, 6.45) is 0.920.